The molecule has 0 fully saturated rings. The Morgan fingerprint density at radius 2 is 1.67 bits per heavy atom. The van der Waals surface area contributed by atoms with Crippen molar-refractivity contribution in [3.63, 3.8) is 0 Å². The molecule has 0 aliphatic rings. The summed E-state index contributed by atoms with van der Waals surface area (Å²) >= 11 is 0. The number of hydrogen-bond donors (Lipinski definition) is 1. The van der Waals surface area contributed by atoms with Gasteiger partial charge in [0, 0.05) is 6.42 Å². The van der Waals surface area contributed by atoms with E-state index in [1.165, 1.54) is 12.8 Å². The molecule has 0 spiro atoms. The second-order valence-electron chi connectivity index (χ2n) is 8.10. The van der Waals surface area contributed by atoms with Gasteiger partial charge in [0.25, 0.3) is 0 Å². The second-order valence-corrected chi connectivity index (χ2v) is 12.9. The molecule has 0 aromatic heterocycles. The standard InChI is InChI=1S/C20H38O3Si/c1-18(23-24(5,6)20(2,3)4)16-14-12-10-8-7-9-11-13-15-17-19(21)22/h10,12,14,16,18H,7-9,11,13,15,17H2,1-6H3,(H,21,22)/b12-10+,16-14+/t18-/m0/s1. The van der Waals surface area contributed by atoms with Gasteiger partial charge in [0.1, 0.15) is 0 Å². The van der Waals surface area contributed by atoms with Gasteiger partial charge in [-0.05, 0) is 44.3 Å². The minimum absolute atomic E-state index is 0.157. The number of carbonyl (C=O) groups is 1. The molecule has 0 radical (unpaired) electrons. The Labute approximate surface area is 150 Å². The van der Waals surface area contributed by atoms with Crippen molar-refractivity contribution in [3.05, 3.63) is 24.3 Å². The summed E-state index contributed by atoms with van der Waals surface area (Å²) in [6.07, 6.45) is 15.4. The van der Waals surface area contributed by atoms with Crippen LogP contribution in [0.15, 0.2) is 24.3 Å². The Balaban J connectivity index is 3.79. The fourth-order valence-electron chi connectivity index (χ4n) is 2.14. The largest absolute Gasteiger partial charge is 0.481 e. The summed E-state index contributed by atoms with van der Waals surface area (Å²) in [6, 6.07) is 0. The van der Waals surface area contributed by atoms with E-state index in [1.807, 2.05) is 0 Å². The van der Waals surface area contributed by atoms with Crippen LogP contribution in [0.1, 0.15) is 72.6 Å². The zero-order valence-electron chi connectivity index (χ0n) is 16.6. The molecule has 1 atom stereocenters. The number of carboxylic acid groups (broad SMARTS) is 1. The number of rotatable bonds is 12. The van der Waals surface area contributed by atoms with Crippen molar-refractivity contribution in [2.24, 2.45) is 0 Å². The number of allylic oxidation sites excluding steroid dienone is 3. The van der Waals surface area contributed by atoms with Gasteiger partial charge in [0.05, 0.1) is 6.10 Å². The molecule has 140 valence electrons. The first-order chi connectivity index (χ1) is 11.1. The van der Waals surface area contributed by atoms with E-state index in [4.69, 9.17) is 9.53 Å². The van der Waals surface area contributed by atoms with Crippen LogP contribution < -0.4 is 0 Å². The minimum Gasteiger partial charge on any atom is -0.481 e. The fraction of sp³-hybridized carbons (Fsp3) is 0.750. The van der Waals surface area contributed by atoms with Crippen LogP contribution in [0, 0.1) is 0 Å². The Hall–Kier alpha value is -0.873. The normalized spacial score (nSPS) is 14.6. The van der Waals surface area contributed by atoms with Gasteiger partial charge in [0.15, 0.2) is 8.32 Å². The summed E-state index contributed by atoms with van der Waals surface area (Å²) in [4.78, 5) is 10.4. The Kier molecular flexibility index (Phi) is 11.2. The highest BCUT2D eigenvalue weighted by Gasteiger charge is 2.37. The molecule has 0 aromatic carbocycles. The maximum atomic E-state index is 10.4. The summed E-state index contributed by atoms with van der Waals surface area (Å²) in [6.45, 7) is 13.5. The zero-order valence-corrected chi connectivity index (χ0v) is 17.6. The Morgan fingerprint density at radius 3 is 2.25 bits per heavy atom. The molecule has 4 heteroatoms. The van der Waals surface area contributed by atoms with Gasteiger partial charge < -0.3 is 9.53 Å². The van der Waals surface area contributed by atoms with E-state index in [2.05, 4.69) is 65.1 Å². The third kappa shape index (κ3) is 11.6. The molecule has 0 aliphatic heterocycles. The molecule has 3 nitrogen and oxygen atoms in total. The lowest BCUT2D eigenvalue weighted by Gasteiger charge is -2.37. The molecular weight excluding hydrogens is 316 g/mol. The molecule has 0 unspecified atom stereocenters. The number of unbranched alkanes of at least 4 members (excludes halogenated alkanes) is 5. The average Bonchev–Trinajstić information content (AvgIpc) is 2.42. The highest BCUT2D eigenvalue weighted by Crippen LogP contribution is 2.37. The summed E-state index contributed by atoms with van der Waals surface area (Å²) in [5.74, 6) is -0.684. The third-order valence-corrected chi connectivity index (χ3v) is 9.25. The highest BCUT2D eigenvalue weighted by molar-refractivity contribution is 6.74. The fourth-order valence-corrected chi connectivity index (χ4v) is 3.51. The number of aliphatic carboxylic acids is 1. The monoisotopic (exact) mass is 354 g/mol. The molecule has 1 N–H and O–H groups in total. The molecule has 0 saturated heterocycles. The number of carboxylic acids is 1. The summed E-state index contributed by atoms with van der Waals surface area (Å²) in [5.41, 5.74) is 0. The molecule has 24 heavy (non-hydrogen) atoms. The van der Waals surface area contributed by atoms with Crippen LogP contribution in [0.5, 0.6) is 0 Å². The van der Waals surface area contributed by atoms with Gasteiger partial charge >= 0.3 is 5.97 Å². The molecule has 0 saturated carbocycles. The van der Waals surface area contributed by atoms with Gasteiger partial charge in [-0.25, -0.2) is 0 Å². The van der Waals surface area contributed by atoms with E-state index in [0.29, 0.717) is 6.42 Å². The van der Waals surface area contributed by atoms with Crippen molar-refractivity contribution in [2.75, 3.05) is 0 Å². The first-order valence-corrected chi connectivity index (χ1v) is 12.2. The van der Waals surface area contributed by atoms with Crippen molar-refractivity contribution in [1.82, 2.24) is 0 Å². The molecule has 0 aliphatic carbocycles. The van der Waals surface area contributed by atoms with Crippen LogP contribution in [0.3, 0.4) is 0 Å². The van der Waals surface area contributed by atoms with Crippen molar-refractivity contribution in [2.45, 2.75) is 96.9 Å². The minimum atomic E-state index is -1.68. The Morgan fingerprint density at radius 1 is 1.08 bits per heavy atom. The lowest BCUT2D eigenvalue weighted by Crippen LogP contribution is -2.42. The molecule has 0 heterocycles. The molecule has 0 bridgehead atoms. The summed E-state index contributed by atoms with van der Waals surface area (Å²) in [7, 11) is -1.68. The van der Waals surface area contributed by atoms with Crippen molar-refractivity contribution >= 4 is 14.3 Å². The van der Waals surface area contributed by atoms with Crippen LogP contribution in [-0.4, -0.2) is 25.5 Å². The predicted octanol–water partition coefficient (Wildman–Crippen LogP) is 6.32. The van der Waals surface area contributed by atoms with Crippen molar-refractivity contribution in [3.8, 4) is 0 Å². The van der Waals surface area contributed by atoms with E-state index >= 15 is 0 Å². The third-order valence-electron chi connectivity index (χ3n) is 4.68. The molecule has 0 amide bonds. The van der Waals surface area contributed by atoms with Crippen molar-refractivity contribution in [1.29, 1.82) is 0 Å². The summed E-state index contributed by atoms with van der Waals surface area (Å²) in [5, 5.41) is 8.80. The van der Waals surface area contributed by atoms with E-state index in [0.717, 1.165) is 25.7 Å². The van der Waals surface area contributed by atoms with Crippen molar-refractivity contribution < 1.29 is 14.3 Å². The lowest BCUT2D eigenvalue weighted by molar-refractivity contribution is -0.137. The second kappa shape index (κ2) is 11.6. The zero-order chi connectivity index (χ0) is 18.6. The SMILES string of the molecule is C[C@@H](/C=C/C=C/CCCCCCCC(=O)O)O[Si](C)(C)C(C)(C)C. The average molecular weight is 355 g/mol. The topological polar surface area (TPSA) is 46.5 Å². The van der Waals surface area contributed by atoms with Crippen LogP contribution in [0.2, 0.25) is 18.1 Å². The van der Waals surface area contributed by atoms with E-state index in [9.17, 15) is 4.79 Å². The Bertz CT molecular complexity index is 406. The highest BCUT2D eigenvalue weighted by atomic mass is 28.4. The van der Waals surface area contributed by atoms with Crippen LogP contribution in [0.25, 0.3) is 0 Å². The first kappa shape index (κ1) is 23.1. The predicted molar refractivity (Wildman–Crippen MR) is 106 cm³/mol. The van der Waals surface area contributed by atoms with Gasteiger partial charge in [-0.2, -0.15) is 0 Å². The van der Waals surface area contributed by atoms with Crippen LogP contribution in [-0.2, 0) is 9.22 Å². The molecular formula is C20H38O3Si. The molecule has 0 aromatic rings. The van der Waals surface area contributed by atoms with Gasteiger partial charge in [-0.15, -0.1) is 0 Å². The summed E-state index contributed by atoms with van der Waals surface area (Å²) < 4.78 is 6.28. The van der Waals surface area contributed by atoms with Gasteiger partial charge in [0.2, 0.25) is 0 Å². The smallest absolute Gasteiger partial charge is 0.303 e. The quantitative estimate of drug-likeness (QED) is 0.253. The van der Waals surface area contributed by atoms with Crippen LogP contribution in [0.4, 0.5) is 0 Å². The molecule has 0 rings (SSSR count). The maximum absolute atomic E-state index is 10.4. The lowest BCUT2D eigenvalue weighted by atomic mass is 10.1. The van der Waals surface area contributed by atoms with E-state index in [1.54, 1.807) is 0 Å². The van der Waals surface area contributed by atoms with Crippen LogP contribution >= 0.6 is 0 Å². The van der Waals surface area contributed by atoms with E-state index < -0.39 is 14.3 Å². The maximum Gasteiger partial charge on any atom is 0.303 e. The van der Waals surface area contributed by atoms with Gasteiger partial charge in [-0.3, -0.25) is 4.79 Å². The van der Waals surface area contributed by atoms with E-state index in [-0.39, 0.29) is 11.1 Å². The number of hydrogen-bond acceptors (Lipinski definition) is 2. The van der Waals surface area contributed by atoms with Gasteiger partial charge in [-0.1, -0.05) is 64.3 Å². The first-order valence-electron chi connectivity index (χ1n) is 9.29.